The van der Waals surface area contributed by atoms with E-state index in [4.69, 9.17) is 9.94 Å². The van der Waals surface area contributed by atoms with E-state index in [2.05, 4.69) is 35.9 Å². The average molecular weight is 364 g/mol. The Morgan fingerprint density at radius 1 is 1.42 bits per heavy atom. The van der Waals surface area contributed by atoms with E-state index in [1.165, 1.54) is 32.1 Å². The standard InChI is InChI=1S/C20H33N3O3/c1-20(2,3)17(10-7-11-18(24)25)26-23-14-16(19-21-12-13-22-19)15-8-5-4-6-9-15/h12-17H,4-11H2,1-3H3,(H,21,22)(H,24,25). The number of aliphatic carboxylic acids is 1. The number of nitrogens with zero attached hydrogens (tertiary/aromatic N) is 2. The van der Waals surface area contributed by atoms with Crippen LogP contribution in [0.15, 0.2) is 17.5 Å². The van der Waals surface area contributed by atoms with Crippen LogP contribution in [0.1, 0.15) is 83.9 Å². The highest BCUT2D eigenvalue weighted by Crippen LogP contribution is 2.34. The molecule has 2 N–H and O–H groups in total. The number of hydrogen-bond donors (Lipinski definition) is 2. The molecule has 1 aromatic heterocycles. The quantitative estimate of drug-likeness (QED) is 0.490. The Morgan fingerprint density at radius 3 is 2.73 bits per heavy atom. The van der Waals surface area contributed by atoms with Gasteiger partial charge < -0.3 is 14.9 Å². The van der Waals surface area contributed by atoms with Gasteiger partial charge >= 0.3 is 5.97 Å². The maximum absolute atomic E-state index is 10.8. The van der Waals surface area contributed by atoms with Gasteiger partial charge in [0.15, 0.2) is 0 Å². The molecule has 2 atom stereocenters. The van der Waals surface area contributed by atoms with E-state index < -0.39 is 5.97 Å². The van der Waals surface area contributed by atoms with Gasteiger partial charge in [-0.2, -0.15) is 0 Å². The van der Waals surface area contributed by atoms with Crippen LogP contribution in [0.25, 0.3) is 0 Å². The van der Waals surface area contributed by atoms with Crippen molar-refractivity contribution >= 4 is 12.2 Å². The van der Waals surface area contributed by atoms with Crippen LogP contribution in [0.4, 0.5) is 0 Å². The van der Waals surface area contributed by atoms with Crippen molar-refractivity contribution in [2.75, 3.05) is 0 Å². The maximum atomic E-state index is 10.8. The molecular weight excluding hydrogens is 330 g/mol. The number of oxime groups is 1. The molecule has 6 heteroatoms. The molecule has 1 fully saturated rings. The molecule has 2 unspecified atom stereocenters. The van der Waals surface area contributed by atoms with Crippen molar-refractivity contribution in [3.63, 3.8) is 0 Å². The van der Waals surface area contributed by atoms with E-state index in [0.29, 0.717) is 18.8 Å². The molecule has 0 aliphatic heterocycles. The molecule has 0 aromatic carbocycles. The summed E-state index contributed by atoms with van der Waals surface area (Å²) in [5.41, 5.74) is -0.0964. The van der Waals surface area contributed by atoms with Crippen LogP contribution in [0.2, 0.25) is 0 Å². The van der Waals surface area contributed by atoms with Crippen LogP contribution in [0.3, 0.4) is 0 Å². The minimum Gasteiger partial charge on any atom is -0.481 e. The van der Waals surface area contributed by atoms with Gasteiger partial charge in [0, 0.05) is 24.2 Å². The summed E-state index contributed by atoms with van der Waals surface area (Å²) in [6.45, 7) is 6.29. The largest absolute Gasteiger partial charge is 0.481 e. The monoisotopic (exact) mass is 363 g/mol. The molecule has 146 valence electrons. The SMILES string of the molecule is CC(C)(C)C(CCCC(=O)O)ON=CC(c1ncc[nH]1)C1CCCCC1. The van der Waals surface area contributed by atoms with Crippen molar-refractivity contribution in [1.29, 1.82) is 0 Å². The second kappa shape index (κ2) is 9.74. The Bertz CT molecular complexity index is 557. The molecule has 0 saturated heterocycles. The average Bonchev–Trinajstić information content (AvgIpc) is 3.10. The second-order valence-corrected chi connectivity index (χ2v) is 8.40. The number of nitrogens with one attached hydrogen (secondary N) is 1. The Hall–Kier alpha value is -1.85. The lowest BCUT2D eigenvalue weighted by Gasteiger charge is -2.29. The van der Waals surface area contributed by atoms with E-state index in [1.807, 2.05) is 12.4 Å². The lowest BCUT2D eigenvalue weighted by atomic mass is 9.80. The summed E-state index contributed by atoms with van der Waals surface area (Å²) in [6.07, 6.45) is 13.1. The Labute approximate surface area is 156 Å². The van der Waals surface area contributed by atoms with E-state index in [0.717, 1.165) is 5.82 Å². The van der Waals surface area contributed by atoms with Gasteiger partial charge in [-0.15, -0.1) is 0 Å². The normalized spacial score (nSPS) is 18.7. The lowest BCUT2D eigenvalue weighted by molar-refractivity contribution is -0.137. The van der Waals surface area contributed by atoms with Crippen molar-refractivity contribution in [2.24, 2.45) is 16.5 Å². The van der Waals surface area contributed by atoms with Crippen molar-refractivity contribution in [1.82, 2.24) is 9.97 Å². The summed E-state index contributed by atoms with van der Waals surface area (Å²) in [7, 11) is 0. The highest BCUT2D eigenvalue weighted by molar-refractivity contribution is 5.66. The van der Waals surface area contributed by atoms with Gasteiger partial charge in [0.2, 0.25) is 0 Å². The third kappa shape index (κ3) is 6.46. The molecule has 1 aromatic rings. The highest BCUT2D eigenvalue weighted by Gasteiger charge is 2.28. The topological polar surface area (TPSA) is 87.6 Å². The first-order valence-corrected chi connectivity index (χ1v) is 9.78. The molecule has 0 bridgehead atoms. The molecule has 0 amide bonds. The van der Waals surface area contributed by atoms with Crippen LogP contribution in [-0.4, -0.2) is 33.4 Å². The fraction of sp³-hybridized carbons (Fsp3) is 0.750. The number of H-pyrrole nitrogens is 1. The number of aromatic nitrogens is 2. The highest BCUT2D eigenvalue weighted by atomic mass is 16.6. The van der Waals surface area contributed by atoms with Gasteiger partial charge in [-0.3, -0.25) is 4.79 Å². The third-order valence-corrected chi connectivity index (χ3v) is 5.23. The summed E-state index contributed by atoms with van der Waals surface area (Å²) in [4.78, 5) is 24.3. The summed E-state index contributed by atoms with van der Waals surface area (Å²) >= 11 is 0. The number of imidazole rings is 1. The smallest absolute Gasteiger partial charge is 0.303 e. The molecule has 1 aliphatic rings. The van der Waals surface area contributed by atoms with E-state index in [9.17, 15) is 4.79 Å². The Morgan fingerprint density at radius 2 is 2.15 bits per heavy atom. The minimum atomic E-state index is -0.767. The van der Waals surface area contributed by atoms with Gasteiger partial charge in [0.05, 0.1) is 12.1 Å². The van der Waals surface area contributed by atoms with Crippen LogP contribution < -0.4 is 0 Å². The maximum Gasteiger partial charge on any atom is 0.303 e. The van der Waals surface area contributed by atoms with Gasteiger partial charge in [0.1, 0.15) is 11.9 Å². The van der Waals surface area contributed by atoms with Crippen molar-refractivity contribution < 1.29 is 14.7 Å². The van der Waals surface area contributed by atoms with Gasteiger partial charge in [-0.1, -0.05) is 45.2 Å². The van der Waals surface area contributed by atoms with Gasteiger partial charge in [0.25, 0.3) is 0 Å². The van der Waals surface area contributed by atoms with E-state index in [-0.39, 0.29) is 23.9 Å². The zero-order valence-corrected chi connectivity index (χ0v) is 16.3. The fourth-order valence-corrected chi connectivity index (χ4v) is 3.63. The number of hydrogen-bond acceptors (Lipinski definition) is 4. The Kier molecular flexibility index (Phi) is 7.66. The van der Waals surface area contributed by atoms with Crippen LogP contribution in [0.5, 0.6) is 0 Å². The first kappa shape index (κ1) is 20.5. The van der Waals surface area contributed by atoms with Crippen molar-refractivity contribution in [3.05, 3.63) is 18.2 Å². The number of carboxylic acids is 1. The molecular formula is C20H33N3O3. The predicted octanol–water partition coefficient (Wildman–Crippen LogP) is 4.75. The third-order valence-electron chi connectivity index (χ3n) is 5.23. The fourth-order valence-electron chi connectivity index (χ4n) is 3.63. The first-order valence-electron chi connectivity index (χ1n) is 9.78. The number of carbonyl (C=O) groups is 1. The number of carboxylic acid groups (broad SMARTS) is 1. The van der Waals surface area contributed by atoms with Crippen LogP contribution >= 0.6 is 0 Å². The number of rotatable bonds is 9. The molecule has 0 radical (unpaired) electrons. The zero-order valence-electron chi connectivity index (χ0n) is 16.3. The molecule has 1 saturated carbocycles. The van der Waals surface area contributed by atoms with Crippen molar-refractivity contribution in [2.45, 2.75) is 84.2 Å². The van der Waals surface area contributed by atoms with Gasteiger partial charge in [-0.25, -0.2) is 4.98 Å². The predicted molar refractivity (Wildman–Crippen MR) is 102 cm³/mol. The molecule has 2 rings (SSSR count). The van der Waals surface area contributed by atoms with Crippen LogP contribution in [0, 0.1) is 11.3 Å². The number of aromatic amines is 1. The zero-order chi connectivity index (χ0) is 19.0. The van der Waals surface area contributed by atoms with Gasteiger partial charge in [-0.05, 0) is 31.6 Å². The summed E-state index contributed by atoms with van der Waals surface area (Å²) in [5, 5.41) is 13.2. The Balaban J connectivity index is 2.00. The van der Waals surface area contributed by atoms with Crippen LogP contribution in [-0.2, 0) is 9.63 Å². The molecule has 6 nitrogen and oxygen atoms in total. The first-order chi connectivity index (χ1) is 12.4. The molecule has 0 spiro atoms. The lowest BCUT2D eigenvalue weighted by Crippen LogP contribution is -2.28. The molecule has 26 heavy (non-hydrogen) atoms. The summed E-state index contributed by atoms with van der Waals surface area (Å²) in [5.74, 6) is 0.867. The van der Waals surface area contributed by atoms with E-state index in [1.54, 1.807) is 6.20 Å². The second-order valence-electron chi connectivity index (χ2n) is 8.40. The summed E-state index contributed by atoms with van der Waals surface area (Å²) in [6, 6.07) is 0. The minimum absolute atomic E-state index is 0.0964. The molecule has 1 heterocycles. The van der Waals surface area contributed by atoms with E-state index >= 15 is 0 Å². The van der Waals surface area contributed by atoms with Crippen molar-refractivity contribution in [3.8, 4) is 0 Å². The molecule has 1 aliphatic carbocycles. The summed E-state index contributed by atoms with van der Waals surface area (Å²) < 4.78 is 0.